The van der Waals surface area contributed by atoms with Gasteiger partial charge in [0.2, 0.25) is 0 Å². The lowest BCUT2D eigenvalue weighted by molar-refractivity contribution is 0.0527. The van der Waals surface area contributed by atoms with Crippen molar-refractivity contribution in [1.82, 2.24) is 9.88 Å². The Balaban J connectivity index is 1.74. The second-order valence-electron chi connectivity index (χ2n) is 6.75. The number of benzene rings is 1. The van der Waals surface area contributed by atoms with Crippen molar-refractivity contribution < 1.29 is 14.3 Å². The number of rotatable bonds is 5. The van der Waals surface area contributed by atoms with Crippen molar-refractivity contribution in [2.75, 3.05) is 13.2 Å². The molecule has 26 heavy (non-hydrogen) atoms. The number of piperidine rings is 1. The molecule has 0 bridgehead atoms. The topological polar surface area (TPSA) is 59.5 Å². The third-order valence-electron chi connectivity index (χ3n) is 4.86. The van der Waals surface area contributed by atoms with Crippen LogP contribution in [-0.4, -0.2) is 41.3 Å². The van der Waals surface area contributed by atoms with Crippen molar-refractivity contribution >= 4 is 12.2 Å². The molecule has 1 aliphatic heterocycles. The van der Waals surface area contributed by atoms with E-state index in [-0.39, 0.29) is 11.9 Å². The maximum absolute atomic E-state index is 12.9. The van der Waals surface area contributed by atoms with Crippen LogP contribution in [0, 0.1) is 13.8 Å². The fraction of sp³-hybridized carbons (Fsp3) is 0.381. The number of carbonyl (C=O) groups is 2. The van der Waals surface area contributed by atoms with Crippen LogP contribution in [0.4, 0.5) is 0 Å². The zero-order valence-corrected chi connectivity index (χ0v) is 15.3. The molecule has 0 spiro atoms. The lowest BCUT2D eigenvalue weighted by Crippen LogP contribution is -2.46. The number of aryl methyl sites for hydroxylation is 2. The fourth-order valence-corrected chi connectivity index (χ4v) is 3.40. The summed E-state index contributed by atoms with van der Waals surface area (Å²) in [7, 11) is 0. The van der Waals surface area contributed by atoms with Crippen molar-refractivity contribution in [1.29, 1.82) is 0 Å². The van der Waals surface area contributed by atoms with E-state index in [0.717, 1.165) is 43.4 Å². The van der Waals surface area contributed by atoms with E-state index in [0.29, 0.717) is 23.5 Å². The first-order valence-electron chi connectivity index (χ1n) is 9.01. The van der Waals surface area contributed by atoms with Crippen LogP contribution in [0.1, 0.15) is 51.2 Å². The van der Waals surface area contributed by atoms with Crippen molar-refractivity contribution in [3.63, 3.8) is 0 Å². The number of pyridine rings is 1. The predicted octanol–water partition coefficient (Wildman–Crippen LogP) is 3.58. The van der Waals surface area contributed by atoms with Crippen LogP contribution in [0.5, 0.6) is 5.75 Å². The van der Waals surface area contributed by atoms with Gasteiger partial charge in [-0.3, -0.25) is 14.6 Å². The van der Waals surface area contributed by atoms with Gasteiger partial charge in [-0.15, -0.1) is 0 Å². The Morgan fingerprint density at radius 1 is 1.31 bits per heavy atom. The Labute approximate surface area is 154 Å². The van der Waals surface area contributed by atoms with Gasteiger partial charge in [-0.2, -0.15) is 0 Å². The van der Waals surface area contributed by atoms with Gasteiger partial charge in [-0.25, -0.2) is 0 Å². The first kappa shape index (κ1) is 18.1. The van der Waals surface area contributed by atoms with E-state index in [1.165, 1.54) is 0 Å². The number of aromatic nitrogens is 1. The smallest absolute Gasteiger partial charge is 0.254 e. The second kappa shape index (κ2) is 8.13. The van der Waals surface area contributed by atoms with Gasteiger partial charge in [0, 0.05) is 24.0 Å². The van der Waals surface area contributed by atoms with Crippen LogP contribution in [-0.2, 0) is 0 Å². The number of nitrogens with zero attached hydrogens (tertiary/aromatic N) is 2. The monoisotopic (exact) mass is 352 g/mol. The number of aldehydes is 1. The third-order valence-corrected chi connectivity index (χ3v) is 4.86. The molecule has 0 radical (unpaired) electrons. The van der Waals surface area contributed by atoms with Crippen LogP contribution >= 0.6 is 0 Å². The Morgan fingerprint density at radius 2 is 2.15 bits per heavy atom. The highest BCUT2D eigenvalue weighted by Gasteiger charge is 2.28. The van der Waals surface area contributed by atoms with Gasteiger partial charge >= 0.3 is 0 Å². The molecule has 5 nitrogen and oxygen atoms in total. The summed E-state index contributed by atoms with van der Waals surface area (Å²) in [6.07, 6.45) is 5.46. The molecule has 2 heterocycles. The molecule has 1 amide bonds. The number of carbonyl (C=O) groups excluding carboxylic acids is 2. The molecular formula is C21H24N2O3. The summed E-state index contributed by atoms with van der Waals surface area (Å²) in [6.45, 7) is 4.88. The van der Waals surface area contributed by atoms with Gasteiger partial charge in [-0.05, 0) is 56.9 Å². The molecule has 0 N–H and O–H groups in total. The minimum absolute atomic E-state index is 0.00438. The molecule has 0 unspecified atom stereocenters. The highest BCUT2D eigenvalue weighted by Crippen LogP contribution is 2.24. The van der Waals surface area contributed by atoms with E-state index in [2.05, 4.69) is 4.98 Å². The van der Waals surface area contributed by atoms with Crippen molar-refractivity contribution in [2.45, 2.75) is 39.2 Å². The normalized spacial score (nSPS) is 17.0. The third kappa shape index (κ3) is 3.93. The first-order chi connectivity index (χ1) is 12.6. The minimum Gasteiger partial charge on any atom is -0.491 e. The number of amides is 1. The SMILES string of the molecule is Cc1cc(C(=O)N2CCCC[C@H]2COc2cccc(C)c2C=O)ccn1. The van der Waals surface area contributed by atoms with Crippen LogP contribution in [0.3, 0.4) is 0 Å². The molecule has 1 aliphatic rings. The molecule has 1 saturated heterocycles. The average molecular weight is 352 g/mol. The Bertz CT molecular complexity index is 804. The Morgan fingerprint density at radius 3 is 2.92 bits per heavy atom. The molecular weight excluding hydrogens is 328 g/mol. The van der Waals surface area contributed by atoms with E-state index >= 15 is 0 Å². The quantitative estimate of drug-likeness (QED) is 0.772. The van der Waals surface area contributed by atoms with E-state index < -0.39 is 0 Å². The molecule has 1 fully saturated rings. The minimum atomic E-state index is 0.00438. The van der Waals surface area contributed by atoms with Gasteiger partial charge in [-0.1, -0.05) is 12.1 Å². The fourth-order valence-electron chi connectivity index (χ4n) is 3.40. The summed E-state index contributed by atoms with van der Waals surface area (Å²) in [5, 5.41) is 0. The molecule has 1 atom stereocenters. The van der Waals surface area contributed by atoms with Crippen LogP contribution in [0.15, 0.2) is 36.5 Å². The van der Waals surface area contributed by atoms with E-state index in [4.69, 9.17) is 4.74 Å². The van der Waals surface area contributed by atoms with Gasteiger partial charge in [0.15, 0.2) is 6.29 Å². The zero-order valence-electron chi connectivity index (χ0n) is 15.3. The van der Waals surface area contributed by atoms with Crippen LogP contribution in [0.2, 0.25) is 0 Å². The van der Waals surface area contributed by atoms with Crippen LogP contribution < -0.4 is 4.74 Å². The molecule has 3 rings (SSSR count). The predicted molar refractivity (Wildman–Crippen MR) is 99.7 cm³/mol. The lowest BCUT2D eigenvalue weighted by atomic mass is 10.0. The molecule has 136 valence electrons. The second-order valence-corrected chi connectivity index (χ2v) is 6.75. The van der Waals surface area contributed by atoms with E-state index in [9.17, 15) is 9.59 Å². The Hall–Kier alpha value is -2.69. The summed E-state index contributed by atoms with van der Waals surface area (Å²) in [5.41, 5.74) is 2.96. The standard InChI is InChI=1S/C21H24N2O3/c1-15-6-5-8-20(19(15)13-24)26-14-18-7-3-4-11-23(18)21(25)17-9-10-22-16(2)12-17/h5-6,8-10,12-13,18H,3-4,7,11,14H2,1-2H3/t18-/m0/s1. The van der Waals surface area contributed by atoms with E-state index in [1.54, 1.807) is 18.3 Å². The number of hydrogen-bond donors (Lipinski definition) is 0. The van der Waals surface area contributed by atoms with Crippen molar-refractivity contribution in [3.8, 4) is 5.75 Å². The number of ether oxygens (including phenoxy) is 1. The van der Waals surface area contributed by atoms with Gasteiger partial charge in [0.1, 0.15) is 12.4 Å². The van der Waals surface area contributed by atoms with E-state index in [1.807, 2.05) is 36.9 Å². The van der Waals surface area contributed by atoms with Crippen molar-refractivity contribution in [2.24, 2.45) is 0 Å². The van der Waals surface area contributed by atoms with Gasteiger partial charge in [0.25, 0.3) is 5.91 Å². The molecule has 1 aromatic heterocycles. The summed E-state index contributed by atoms with van der Waals surface area (Å²) in [4.78, 5) is 30.3. The molecule has 0 aliphatic carbocycles. The molecule has 1 aromatic carbocycles. The van der Waals surface area contributed by atoms with Crippen molar-refractivity contribution in [3.05, 3.63) is 58.9 Å². The number of likely N-dealkylation sites (tertiary alicyclic amines) is 1. The van der Waals surface area contributed by atoms with Crippen LogP contribution in [0.25, 0.3) is 0 Å². The maximum Gasteiger partial charge on any atom is 0.254 e. The lowest BCUT2D eigenvalue weighted by Gasteiger charge is -2.35. The number of hydrogen-bond acceptors (Lipinski definition) is 4. The van der Waals surface area contributed by atoms with Gasteiger partial charge in [0.05, 0.1) is 11.6 Å². The molecule has 5 heteroatoms. The van der Waals surface area contributed by atoms with Gasteiger partial charge < -0.3 is 9.64 Å². The highest BCUT2D eigenvalue weighted by molar-refractivity contribution is 5.94. The zero-order chi connectivity index (χ0) is 18.5. The Kier molecular flexibility index (Phi) is 5.66. The largest absolute Gasteiger partial charge is 0.491 e. The average Bonchev–Trinajstić information content (AvgIpc) is 2.66. The maximum atomic E-state index is 12.9. The molecule has 0 saturated carbocycles. The molecule has 2 aromatic rings. The summed E-state index contributed by atoms with van der Waals surface area (Å²) in [5.74, 6) is 0.599. The summed E-state index contributed by atoms with van der Waals surface area (Å²) < 4.78 is 5.95. The first-order valence-corrected chi connectivity index (χ1v) is 9.01. The summed E-state index contributed by atoms with van der Waals surface area (Å²) in [6, 6.07) is 9.15. The highest BCUT2D eigenvalue weighted by atomic mass is 16.5. The summed E-state index contributed by atoms with van der Waals surface area (Å²) >= 11 is 0.